The largest absolute Gasteiger partial charge is 0.327 e. The first kappa shape index (κ1) is 11.3. The molecule has 2 heteroatoms. The van der Waals surface area contributed by atoms with E-state index in [0.717, 1.165) is 24.8 Å². The molecule has 0 saturated heterocycles. The molecule has 2 atom stereocenters. The van der Waals surface area contributed by atoms with Crippen LogP contribution in [0.15, 0.2) is 24.3 Å². The maximum Gasteiger partial charge on any atom is 0.141 e. The van der Waals surface area contributed by atoms with Crippen LogP contribution in [0.1, 0.15) is 30.4 Å². The summed E-state index contributed by atoms with van der Waals surface area (Å²) in [5, 5.41) is 0. The summed E-state index contributed by atoms with van der Waals surface area (Å²) in [5.41, 5.74) is 8.27. The van der Waals surface area contributed by atoms with Crippen LogP contribution in [-0.2, 0) is 11.2 Å². The number of carbonyl (C=O) groups is 1. The van der Waals surface area contributed by atoms with Gasteiger partial charge in [-0.05, 0) is 25.3 Å². The summed E-state index contributed by atoms with van der Waals surface area (Å²) < 4.78 is 0. The topological polar surface area (TPSA) is 43.1 Å². The first-order valence-electron chi connectivity index (χ1n) is 6.00. The Morgan fingerprint density at radius 2 is 2.00 bits per heavy atom. The zero-order valence-corrected chi connectivity index (χ0v) is 9.78. The summed E-state index contributed by atoms with van der Waals surface area (Å²) in [5.74, 6) is 0.412. The van der Waals surface area contributed by atoms with E-state index in [1.54, 1.807) is 0 Å². The summed E-state index contributed by atoms with van der Waals surface area (Å²) in [7, 11) is 0. The van der Waals surface area contributed by atoms with Gasteiger partial charge in [0.1, 0.15) is 5.78 Å². The number of nitrogens with two attached hydrogens (primary N) is 1. The Kier molecular flexibility index (Phi) is 3.39. The molecule has 86 valence electrons. The predicted molar refractivity (Wildman–Crippen MR) is 65.2 cm³/mol. The maximum atomic E-state index is 12.0. The number of Topliss-reactive ketones (excluding diaryl/α,β-unsaturated/α-hetero) is 1. The van der Waals surface area contributed by atoms with Gasteiger partial charge in [-0.1, -0.05) is 36.2 Å². The second-order valence-electron chi connectivity index (χ2n) is 4.83. The van der Waals surface area contributed by atoms with Crippen molar-refractivity contribution in [3.05, 3.63) is 35.4 Å². The molecule has 2 rings (SSSR count). The number of benzene rings is 1. The van der Waals surface area contributed by atoms with E-state index in [0.29, 0.717) is 12.2 Å². The standard InChI is InChI=1S/C14H19NO/c1-10-5-7-11(8-6-10)9-14(16)12-3-2-4-13(12)15/h5-8,12-13H,2-4,9,15H2,1H3. The van der Waals surface area contributed by atoms with Crippen molar-refractivity contribution < 1.29 is 4.79 Å². The molecule has 2 unspecified atom stereocenters. The summed E-state index contributed by atoms with van der Waals surface area (Å²) >= 11 is 0. The first-order chi connectivity index (χ1) is 7.66. The van der Waals surface area contributed by atoms with Crippen LogP contribution in [0.3, 0.4) is 0 Å². The summed E-state index contributed by atoms with van der Waals surface area (Å²) in [6.07, 6.45) is 3.63. The van der Waals surface area contributed by atoms with Gasteiger partial charge in [-0.3, -0.25) is 4.79 Å². The van der Waals surface area contributed by atoms with Crippen molar-refractivity contribution in [3.8, 4) is 0 Å². The lowest BCUT2D eigenvalue weighted by molar-refractivity contribution is -0.122. The maximum absolute atomic E-state index is 12.0. The van der Waals surface area contributed by atoms with Gasteiger partial charge in [0.25, 0.3) is 0 Å². The van der Waals surface area contributed by atoms with Crippen LogP contribution < -0.4 is 5.73 Å². The van der Waals surface area contributed by atoms with Crippen LogP contribution in [0.5, 0.6) is 0 Å². The Hall–Kier alpha value is -1.15. The molecule has 0 spiro atoms. The molecule has 0 aliphatic heterocycles. The predicted octanol–water partition coefficient (Wildman–Crippen LogP) is 2.23. The van der Waals surface area contributed by atoms with E-state index in [-0.39, 0.29) is 12.0 Å². The number of hydrogen-bond donors (Lipinski definition) is 1. The van der Waals surface area contributed by atoms with E-state index in [4.69, 9.17) is 5.73 Å². The molecule has 0 aromatic heterocycles. The zero-order chi connectivity index (χ0) is 11.5. The Morgan fingerprint density at radius 1 is 1.31 bits per heavy atom. The lowest BCUT2D eigenvalue weighted by atomic mass is 9.94. The van der Waals surface area contributed by atoms with E-state index in [1.807, 2.05) is 12.1 Å². The smallest absolute Gasteiger partial charge is 0.141 e. The number of rotatable bonds is 3. The Bertz CT molecular complexity index is 369. The number of ketones is 1. The van der Waals surface area contributed by atoms with Crippen LogP contribution in [-0.4, -0.2) is 11.8 Å². The third kappa shape index (κ3) is 2.50. The van der Waals surface area contributed by atoms with Gasteiger partial charge in [0.2, 0.25) is 0 Å². The minimum Gasteiger partial charge on any atom is -0.327 e. The molecule has 0 radical (unpaired) electrons. The molecule has 0 amide bonds. The highest BCUT2D eigenvalue weighted by Crippen LogP contribution is 2.25. The fraction of sp³-hybridized carbons (Fsp3) is 0.500. The van der Waals surface area contributed by atoms with Gasteiger partial charge in [0.05, 0.1) is 0 Å². The minimum absolute atomic E-state index is 0.0953. The zero-order valence-electron chi connectivity index (χ0n) is 9.78. The van der Waals surface area contributed by atoms with Gasteiger partial charge in [0, 0.05) is 18.4 Å². The SMILES string of the molecule is Cc1ccc(CC(=O)C2CCCC2N)cc1. The van der Waals surface area contributed by atoms with E-state index in [1.165, 1.54) is 5.56 Å². The van der Waals surface area contributed by atoms with Crippen LogP contribution in [0.25, 0.3) is 0 Å². The molecule has 1 aromatic rings. The summed E-state index contributed by atoms with van der Waals surface area (Å²) in [4.78, 5) is 12.0. The highest BCUT2D eigenvalue weighted by atomic mass is 16.1. The van der Waals surface area contributed by atoms with Gasteiger partial charge < -0.3 is 5.73 Å². The Labute approximate surface area is 96.8 Å². The number of hydrogen-bond acceptors (Lipinski definition) is 2. The van der Waals surface area contributed by atoms with Crippen molar-refractivity contribution in [1.82, 2.24) is 0 Å². The van der Waals surface area contributed by atoms with Gasteiger partial charge in [-0.2, -0.15) is 0 Å². The van der Waals surface area contributed by atoms with Crippen molar-refractivity contribution in [2.75, 3.05) is 0 Å². The van der Waals surface area contributed by atoms with Crippen LogP contribution in [0, 0.1) is 12.8 Å². The molecule has 0 bridgehead atoms. The van der Waals surface area contributed by atoms with Gasteiger partial charge in [0.15, 0.2) is 0 Å². The van der Waals surface area contributed by atoms with Crippen LogP contribution >= 0.6 is 0 Å². The molecule has 0 heterocycles. The highest BCUT2D eigenvalue weighted by Gasteiger charge is 2.29. The molecular weight excluding hydrogens is 198 g/mol. The Morgan fingerprint density at radius 3 is 2.56 bits per heavy atom. The van der Waals surface area contributed by atoms with Gasteiger partial charge in [-0.25, -0.2) is 0 Å². The third-order valence-electron chi connectivity index (χ3n) is 3.48. The average Bonchev–Trinajstić information content (AvgIpc) is 2.68. The lowest BCUT2D eigenvalue weighted by Crippen LogP contribution is -2.31. The number of aryl methyl sites for hydroxylation is 1. The summed E-state index contributed by atoms with van der Waals surface area (Å²) in [6.45, 7) is 2.05. The fourth-order valence-electron chi connectivity index (χ4n) is 2.43. The third-order valence-corrected chi connectivity index (χ3v) is 3.48. The highest BCUT2D eigenvalue weighted by molar-refractivity contribution is 5.84. The molecular formula is C14H19NO. The second-order valence-corrected chi connectivity index (χ2v) is 4.83. The molecule has 1 saturated carbocycles. The summed E-state index contributed by atoms with van der Waals surface area (Å²) in [6, 6.07) is 8.27. The fourth-order valence-corrected chi connectivity index (χ4v) is 2.43. The lowest BCUT2D eigenvalue weighted by Gasteiger charge is -2.13. The van der Waals surface area contributed by atoms with E-state index in [9.17, 15) is 4.79 Å². The van der Waals surface area contributed by atoms with Crippen molar-refractivity contribution in [3.63, 3.8) is 0 Å². The molecule has 1 aromatic carbocycles. The van der Waals surface area contributed by atoms with Crippen molar-refractivity contribution >= 4 is 5.78 Å². The molecule has 1 fully saturated rings. The molecule has 2 N–H and O–H groups in total. The quantitative estimate of drug-likeness (QED) is 0.843. The van der Waals surface area contributed by atoms with Crippen molar-refractivity contribution in [2.45, 2.75) is 38.6 Å². The molecule has 1 aliphatic carbocycles. The molecule has 1 aliphatic rings. The first-order valence-corrected chi connectivity index (χ1v) is 6.00. The van der Waals surface area contributed by atoms with E-state index in [2.05, 4.69) is 19.1 Å². The normalized spacial score (nSPS) is 24.6. The van der Waals surface area contributed by atoms with Crippen LogP contribution in [0.2, 0.25) is 0 Å². The van der Waals surface area contributed by atoms with Gasteiger partial charge in [-0.15, -0.1) is 0 Å². The average molecular weight is 217 g/mol. The number of carbonyl (C=O) groups excluding carboxylic acids is 1. The minimum atomic E-state index is 0.0953. The molecule has 2 nitrogen and oxygen atoms in total. The van der Waals surface area contributed by atoms with Crippen molar-refractivity contribution in [1.29, 1.82) is 0 Å². The van der Waals surface area contributed by atoms with Crippen LogP contribution in [0.4, 0.5) is 0 Å². The van der Waals surface area contributed by atoms with Gasteiger partial charge >= 0.3 is 0 Å². The second kappa shape index (κ2) is 4.79. The van der Waals surface area contributed by atoms with E-state index < -0.39 is 0 Å². The Balaban J connectivity index is 1.99. The van der Waals surface area contributed by atoms with E-state index >= 15 is 0 Å². The van der Waals surface area contributed by atoms with Crippen molar-refractivity contribution in [2.24, 2.45) is 11.7 Å². The monoisotopic (exact) mass is 217 g/mol. The molecule has 16 heavy (non-hydrogen) atoms.